The van der Waals surface area contributed by atoms with Gasteiger partial charge in [0, 0.05) is 35.9 Å². The number of nitrogens with zero attached hydrogens (tertiary/aromatic N) is 10. The number of carbonyl (C=O) groups excluding carboxylic acids is 4. The van der Waals surface area contributed by atoms with E-state index < -0.39 is 10.0 Å². The Morgan fingerprint density at radius 2 is 1.06 bits per heavy atom. The first kappa shape index (κ1) is 55.9. The van der Waals surface area contributed by atoms with Crippen LogP contribution in [-0.4, -0.2) is 83.9 Å². The van der Waals surface area contributed by atoms with E-state index >= 15 is 0 Å². The Hall–Kier alpha value is -7.73. The third-order valence-corrected chi connectivity index (χ3v) is 13.5. The van der Waals surface area contributed by atoms with Gasteiger partial charge < -0.3 is 29.2 Å². The number of aryl methyl sites for hydroxylation is 6. The van der Waals surface area contributed by atoms with Crippen LogP contribution in [0.2, 0.25) is 0 Å². The molecule has 8 aromatic rings. The van der Waals surface area contributed by atoms with Gasteiger partial charge in [-0.1, -0.05) is 39.5 Å². The van der Waals surface area contributed by atoms with Gasteiger partial charge in [0.1, 0.15) is 11.0 Å². The van der Waals surface area contributed by atoms with Crippen molar-refractivity contribution in [2.45, 2.75) is 92.9 Å². The van der Waals surface area contributed by atoms with Crippen LogP contribution in [0.25, 0.3) is 22.3 Å². The van der Waals surface area contributed by atoms with Gasteiger partial charge in [-0.3, -0.25) is 10.6 Å². The highest BCUT2D eigenvalue weighted by molar-refractivity contribution is 7.89. The number of hydrogen-bond donors (Lipinski definition) is 5. The SMILES string of the molecule is C.CCc1sc(Nc2nc(NCc3ccc(OC)c(OC)c3)c3c(ncn3CC)n2)nc1C.CCc1sc(Nc2nc(NCc3ccc(S(N)(=O)=O)cc3)c3c(ncn3CC)n2)nc1C.O=C=O.O=C=O. The van der Waals surface area contributed by atoms with Gasteiger partial charge in [-0.25, -0.2) is 33.5 Å². The summed E-state index contributed by atoms with van der Waals surface area (Å²) in [5, 5.41) is 19.9. The molecule has 8 rings (SSSR count). The second-order valence-electron chi connectivity index (χ2n) is 14.5. The molecule has 6 N–H and O–H groups in total. The molecule has 0 unspecified atom stereocenters. The van der Waals surface area contributed by atoms with Crippen molar-refractivity contribution < 1.29 is 37.1 Å². The summed E-state index contributed by atoms with van der Waals surface area (Å²) in [5.41, 5.74) is 6.80. The minimum atomic E-state index is -3.72. The molecule has 0 aliphatic heterocycles. The van der Waals surface area contributed by atoms with E-state index in [9.17, 15) is 8.42 Å². The van der Waals surface area contributed by atoms with E-state index in [1.54, 1.807) is 61.7 Å². The smallest absolute Gasteiger partial charge is 0.373 e. The van der Waals surface area contributed by atoms with E-state index in [1.807, 2.05) is 48.1 Å². The lowest BCUT2D eigenvalue weighted by atomic mass is 10.2. The largest absolute Gasteiger partial charge is 0.493 e. The number of imidazole rings is 2. The maximum atomic E-state index is 11.5. The molecule has 0 bridgehead atoms. The number of anilines is 6. The maximum absolute atomic E-state index is 11.5. The minimum Gasteiger partial charge on any atom is -0.493 e. The van der Waals surface area contributed by atoms with Crippen LogP contribution in [0.3, 0.4) is 0 Å². The number of nitrogens with one attached hydrogen (secondary N) is 4. The molecule has 0 atom stereocenters. The van der Waals surface area contributed by atoms with Crippen LogP contribution >= 0.6 is 22.7 Å². The highest BCUT2D eigenvalue weighted by Crippen LogP contribution is 2.31. The molecule has 6 aromatic heterocycles. The molecule has 0 amide bonds. The number of methoxy groups -OCH3 is 2. The molecule has 0 aliphatic carbocycles. The summed E-state index contributed by atoms with van der Waals surface area (Å²) >= 11 is 3.20. The standard InChI is InChI=1S/C22H27N7O2S.C20H24N8O2S2.2CO2.CH4/c1-6-17-13(3)25-22(32-17)28-21-26-19(18-20(27-21)24-12-29(18)7-2)23-11-14-8-9-15(30-4)16(10-14)31-5;1-4-15-12(3)24-20(31-15)27-19-25-17(16-18(26-19)23-11-28(16)5-2)22-10-13-6-8-14(9-7-13)32(21,29)30;2*2-1-3;/h8-10,12H,6-7,11H2,1-5H3,(H2,23,25,26,27,28);6-9,11H,4-5,10H2,1-3H3,(H2,21,29,30)(H2,22,24,25,26,27);;;1H4. The normalized spacial score (nSPS) is 10.5. The quantitative estimate of drug-likeness (QED) is 0.0602. The molecular weight excluding hydrogens is 975 g/mol. The van der Waals surface area contributed by atoms with Gasteiger partial charge >= 0.3 is 12.3 Å². The number of aromatic nitrogens is 10. The van der Waals surface area contributed by atoms with E-state index in [0.717, 1.165) is 69.7 Å². The minimum absolute atomic E-state index is 0. The van der Waals surface area contributed by atoms with Crippen molar-refractivity contribution in [3.63, 3.8) is 0 Å². The second kappa shape index (κ2) is 26.3. The van der Waals surface area contributed by atoms with E-state index in [-0.39, 0.29) is 24.6 Å². The average molecular weight is 1030 g/mol. The molecule has 0 fully saturated rings. The van der Waals surface area contributed by atoms with Crippen LogP contribution in [-0.2, 0) is 68.2 Å². The predicted molar refractivity (Wildman–Crippen MR) is 270 cm³/mol. The zero-order chi connectivity index (χ0) is 51.0. The van der Waals surface area contributed by atoms with E-state index in [2.05, 4.69) is 76.9 Å². The number of sulfonamides is 1. The number of nitrogens with two attached hydrogens (primary N) is 1. The Kier molecular flexibility index (Phi) is 20.7. The fraction of sp³-hybridized carbons (Fsp3) is 0.333. The first-order valence-corrected chi connectivity index (χ1v) is 24.6. The summed E-state index contributed by atoms with van der Waals surface area (Å²) in [6.45, 7) is 14.8. The van der Waals surface area contributed by atoms with Crippen molar-refractivity contribution in [2.24, 2.45) is 5.14 Å². The van der Waals surface area contributed by atoms with Gasteiger partial charge in [0.05, 0.1) is 43.2 Å². The number of hydrogen-bond acceptors (Lipinski definition) is 22. The summed E-state index contributed by atoms with van der Waals surface area (Å²) in [7, 11) is -0.465. The van der Waals surface area contributed by atoms with Crippen molar-refractivity contribution >= 4 is 101 Å². The number of fused-ring (bicyclic) bond motifs is 2. The van der Waals surface area contributed by atoms with Gasteiger partial charge in [0.2, 0.25) is 21.9 Å². The molecule has 6 heterocycles. The molecule has 0 spiro atoms. The molecule has 376 valence electrons. The van der Waals surface area contributed by atoms with Gasteiger partial charge in [0.25, 0.3) is 0 Å². The Balaban J connectivity index is 0.000000274. The van der Waals surface area contributed by atoms with Crippen molar-refractivity contribution in [3.8, 4) is 11.5 Å². The number of rotatable bonds is 17. The summed E-state index contributed by atoms with van der Waals surface area (Å²) in [6, 6.07) is 12.2. The van der Waals surface area contributed by atoms with Crippen LogP contribution in [0.1, 0.15) is 67.4 Å². The van der Waals surface area contributed by atoms with Gasteiger partial charge in [-0.15, -0.1) is 22.7 Å². The van der Waals surface area contributed by atoms with Crippen molar-refractivity contribution in [2.75, 3.05) is 35.5 Å². The zero-order valence-electron chi connectivity index (χ0n) is 39.5. The lowest BCUT2D eigenvalue weighted by molar-refractivity contribution is -0.193. The highest BCUT2D eigenvalue weighted by Gasteiger charge is 2.18. The first-order chi connectivity index (χ1) is 33.7. The molecule has 2 aromatic carbocycles. The van der Waals surface area contributed by atoms with E-state index in [0.29, 0.717) is 59.4 Å². The molecule has 71 heavy (non-hydrogen) atoms. The van der Waals surface area contributed by atoms with E-state index in [4.69, 9.17) is 38.8 Å². The van der Waals surface area contributed by atoms with Crippen LogP contribution in [0, 0.1) is 13.8 Å². The Morgan fingerprint density at radius 3 is 1.44 bits per heavy atom. The summed E-state index contributed by atoms with van der Waals surface area (Å²) < 4.78 is 37.7. The zero-order valence-corrected chi connectivity index (χ0v) is 41.9. The lowest BCUT2D eigenvalue weighted by Gasteiger charge is -2.12. The molecule has 0 radical (unpaired) electrons. The monoisotopic (exact) mass is 1030 g/mol. The Bertz CT molecular complexity index is 3200. The summed E-state index contributed by atoms with van der Waals surface area (Å²) in [5.74, 6) is 3.58. The molecule has 0 saturated carbocycles. The average Bonchev–Trinajstić information content (AvgIpc) is 4.14. The van der Waals surface area contributed by atoms with Crippen LogP contribution in [0.5, 0.6) is 11.5 Å². The summed E-state index contributed by atoms with van der Waals surface area (Å²) in [6.07, 6.45) is 5.89. The maximum Gasteiger partial charge on any atom is 0.373 e. The highest BCUT2D eigenvalue weighted by atomic mass is 32.2. The number of thiazole rings is 2. The fourth-order valence-electron chi connectivity index (χ4n) is 6.77. The van der Waals surface area contributed by atoms with Crippen LogP contribution in [0.4, 0.5) is 33.8 Å². The first-order valence-electron chi connectivity index (χ1n) is 21.4. The lowest BCUT2D eigenvalue weighted by Crippen LogP contribution is -2.12. The Labute approximate surface area is 417 Å². The van der Waals surface area contributed by atoms with Crippen LogP contribution in [0.15, 0.2) is 60.0 Å². The fourth-order valence-corrected chi connectivity index (χ4v) is 9.07. The molecule has 0 aliphatic rings. The molecule has 26 heteroatoms. The van der Waals surface area contributed by atoms with Gasteiger partial charge in [-0.05, 0) is 75.9 Å². The second-order valence-corrected chi connectivity index (χ2v) is 18.2. The Morgan fingerprint density at radius 1 is 0.634 bits per heavy atom. The van der Waals surface area contributed by atoms with Gasteiger partial charge in [-0.2, -0.15) is 39.1 Å². The van der Waals surface area contributed by atoms with Crippen LogP contribution < -0.4 is 35.9 Å². The number of benzene rings is 2. The molecular formula is C45H55N15O8S3. The molecule has 23 nitrogen and oxygen atoms in total. The van der Waals surface area contributed by atoms with Crippen molar-refractivity contribution in [1.82, 2.24) is 49.0 Å². The van der Waals surface area contributed by atoms with Crippen molar-refractivity contribution in [1.29, 1.82) is 0 Å². The predicted octanol–water partition coefficient (Wildman–Crippen LogP) is 7.19. The number of ether oxygens (including phenoxy) is 2. The third kappa shape index (κ3) is 14.4. The molecule has 0 saturated heterocycles. The van der Waals surface area contributed by atoms with Crippen molar-refractivity contribution in [3.05, 3.63) is 87.4 Å². The number of primary sulfonamides is 1. The third-order valence-electron chi connectivity index (χ3n) is 10.1. The topological polar surface area (TPSA) is 308 Å². The van der Waals surface area contributed by atoms with E-state index in [1.165, 1.54) is 21.9 Å². The van der Waals surface area contributed by atoms with Gasteiger partial charge in [0.15, 0.2) is 44.7 Å². The summed E-state index contributed by atoms with van der Waals surface area (Å²) in [4.78, 5) is 71.6.